The predicted octanol–water partition coefficient (Wildman–Crippen LogP) is 4.73. The molecule has 0 amide bonds. The third-order valence-corrected chi connectivity index (χ3v) is 4.66. The van der Waals surface area contributed by atoms with Crippen LogP contribution in [0.25, 0.3) is 11.1 Å². The molecule has 1 heterocycles. The van der Waals surface area contributed by atoms with Crippen LogP contribution >= 0.6 is 11.3 Å². The Morgan fingerprint density at radius 3 is 2.57 bits per heavy atom. The van der Waals surface area contributed by atoms with E-state index in [0.717, 1.165) is 21.7 Å². The van der Waals surface area contributed by atoms with Crippen molar-refractivity contribution < 1.29 is 9.90 Å². The molecule has 3 aromatic rings. The lowest BCUT2D eigenvalue weighted by Gasteiger charge is -2.14. The maximum atomic E-state index is 11.3. The number of hydrogen-bond donors (Lipinski definition) is 1. The van der Waals surface area contributed by atoms with E-state index in [2.05, 4.69) is 42.2 Å². The van der Waals surface area contributed by atoms with Gasteiger partial charge >= 0.3 is 5.97 Å². The zero-order valence-corrected chi connectivity index (χ0v) is 13.6. The molecule has 4 heteroatoms. The largest absolute Gasteiger partial charge is 0.481 e. The van der Waals surface area contributed by atoms with E-state index >= 15 is 0 Å². The summed E-state index contributed by atoms with van der Waals surface area (Å²) < 4.78 is 0. The Balaban J connectivity index is 2.01. The van der Waals surface area contributed by atoms with Crippen LogP contribution in [0.5, 0.6) is 0 Å². The van der Waals surface area contributed by atoms with Crippen molar-refractivity contribution in [2.24, 2.45) is 0 Å². The number of carboxylic acid groups (broad SMARTS) is 1. The average molecular weight is 323 g/mol. The molecule has 1 unspecified atom stereocenters. The van der Waals surface area contributed by atoms with E-state index in [9.17, 15) is 9.90 Å². The smallest absolute Gasteiger partial charge is 0.304 e. The van der Waals surface area contributed by atoms with Crippen LogP contribution in [0, 0.1) is 6.92 Å². The summed E-state index contributed by atoms with van der Waals surface area (Å²) >= 11 is 1.50. The molecule has 1 N–H and O–H groups in total. The van der Waals surface area contributed by atoms with E-state index in [1.54, 1.807) is 6.20 Å². The Bertz CT molecular complexity index is 812. The first-order chi connectivity index (χ1) is 11.1. The van der Waals surface area contributed by atoms with Crippen molar-refractivity contribution in [1.82, 2.24) is 4.98 Å². The van der Waals surface area contributed by atoms with Crippen LogP contribution in [0.15, 0.2) is 60.1 Å². The first-order valence-electron chi connectivity index (χ1n) is 7.41. The number of hydrogen-bond acceptors (Lipinski definition) is 3. The maximum Gasteiger partial charge on any atom is 0.304 e. The zero-order chi connectivity index (χ0) is 16.2. The summed E-state index contributed by atoms with van der Waals surface area (Å²) in [5.41, 5.74) is 4.43. The van der Waals surface area contributed by atoms with E-state index in [1.807, 2.05) is 23.6 Å². The Morgan fingerprint density at radius 1 is 1.17 bits per heavy atom. The number of carboxylic acids is 1. The van der Waals surface area contributed by atoms with Gasteiger partial charge in [-0.05, 0) is 23.6 Å². The third kappa shape index (κ3) is 3.66. The minimum atomic E-state index is -0.814. The molecular formula is C19H17NO2S. The Hall–Kier alpha value is -2.46. The van der Waals surface area contributed by atoms with Crippen molar-refractivity contribution in [2.45, 2.75) is 19.3 Å². The van der Waals surface area contributed by atoms with Crippen molar-refractivity contribution in [2.75, 3.05) is 0 Å². The predicted molar refractivity (Wildman–Crippen MR) is 92.8 cm³/mol. The SMILES string of the molecule is Cc1cccc(-c2cccc(C(CC(=O)O)c3nccs3)c2)c1. The molecule has 3 nitrogen and oxygen atoms in total. The fraction of sp³-hybridized carbons (Fsp3) is 0.158. The number of carbonyl (C=O) groups is 1. The van der Waals surface area contributed by atoms with Gasteiger partial charge < -0.3 is 5.11 Å². The fourth-order valence-electron chi connectivity index (χ4n) is 2.69. The quantitative estimate of drug-likeness (QED) is 0.739. The van der Waals surface area contributed by atoms with Gasteiger partial charge in [-0.25, -0.2) is 4.98 Å². The molecule has 1 aromatic heterocycles. The normalized spacial score (nSPS) is 12.0. The molecule has 0 fully saturated rings. The van der Waals surface area contributed by atoms with Crippen molar-refractivity contribution in [3.63, 3.8) is 0 Å². The molecule has 0 radical (unpaired) electrons. The number of benzene rings is 2. The van der Waals surface area contributed by atoms with Crippen LogP contribution in [0.4, 0.5) is 0 Å². The topological polar surface area (TPSA) is 50.2 Å². The van der Waals surface area contributed by atoms with Gasteiger partial charge in [0.05, 0.1) is 6.42 Å². The van der Waals surface area contributed by atoms with Crippen molar-refractivity contribution >= 4 is 17.3 Å². The molecule has 0 saturated heterocycles. The second kappa shape index (κ2) is 6.75. The highest BCUT2D eigenvalue weighted by Crippen LogP contribution is 2.32. The number of aryl methyl sites for hydroxylation is 1. The number of thiazole rings is 1. The molecule has 0 saturated carbocycles. The monoisotopic (exact) mass is 323 g/mol. The van der Waals surface area contributed by atoms with Crippen LogP contribution in [0.2, 0.25) is 0 Å². The summed E-state index contributed by atoms with van der Waals surface area (Å²) in [6, 6.07) is 16.4. The van der Waals surface area contributed by atoms with Gasteiger partial charge in [0.25, 0.3) is 0 Å². The second-order valence-corrected chi connectivity index (χ2v) is 6.44. The first-order valence-corrected chi connectivity index (χ1v) is 8.29. The summed E-state index contributed by atoms with van der Waals surface area (Å²) in [6.45, 7) is 2.07. The molecule has 3 rings (SSSR count). The van der Waals surface area contributed by atoms with Crippen molar-refractivity contribution in [3.05, 3.63) is 76.2 Å². The minimum absolute atomic E-state index is 0.0464. The number of aliphatic carboxylic acids is 1. The Kier molecular flexibility index (Phi) is 4.53. The number of rotatable bonds is 5. The third-order valence-electron chi connectivity index (χ3n) is 3.77. The van der Waals surface area contributed by atoms with Gasteiger partial charge in [-0.3, -0.25) is 4.79 Å². The lowest BCUT2D eigenvalue weighted by Crippen LogP contribution is -2.07. The average Bonchev–Trinajstić information content (AvgIpc) is 3.07. The van der Waals surface area contributed by atoms with E-state index < -0.39 is 5.97 Å². The summed E-state index contributed by atoms with van der Waals surface area (Å²) in [5, 5.41) is 12.0. The molecular weight excluding hydrogens is 306 g/mol. The van der Waals surface area contributed by atoms with Crippen LogP contribution in [-0.2, 0) is 4.79 Å². The van der Waals surface area contributed by atoms with Crippen LogP contribution in [0.1, 0.15) is 28.5 Å². The van der Waals surface area contributed by atoms with Gasteiger partial charge in [-0.15, -0.1) is 11.3 Å². The molecule has 0 aliphatic heterocycles. The lowest BCUT2D eigenvalue weighted by molar-refractivity contribution is -0.137. The van der Waals surface area contributed by atoms with Gasteiger partial charge in [-0.1, -0.05) is 54.1 Å². The molecule has 1 atom stereocenters. The van der Waals surface area contributed by atoms with Gasteiger partial charge in [0.15, 0.2) is 0 Å². The van der Waals surface area contributed by atoms with Gasteiger partial charge in [0, 0.05) is 17.5 Å². The second-order valence-electron chi connectivity index (χ2n) is 5.52. The van der Waals surface area contributed by atoms with Gasteiger partial charge in [0.2, 0.25) is 0 Å². The molecule has 0 aliphatic carbocycles. The molecule has 0 bridgehead atoms. The fourth-order valence-corrected chi connectivity index (χ4v) is 3.46. The first kappa shape index (κ1) is 15.4. The molecule has 2 aromatic carbocycles. The van der Waals surface area contributed by atoms with Crippen LogP contribution in [0.3, 0.4) is 0 Å². The van der Waals surface area contributed by atoms with Crippen LogP contribution in [-0.4, -0.2) is 16.1 Å². The highest BCUT2D eigenvalue weighted by molar-refractivity contribution is 7.09. The number of aromatic nitrogens is 1. The highest BCUT2D eigenvalue weighted by atomic mass is 32.1. The molecule has 23 heavy (non-hydrogen) atoms. The Labute approximate surface area is 139 Å². The van der Waals surface area contributed by atoms with Crippen molar-refractivity contribution in [3.8, 4) is 11.1 Å². The highest BCUT2D eigenvalue weighted by Gasteiger charge is 2.20. The minimum Gasteiger partial charge on any atom is -0.481 e. The molecule has 0 spiro atoms. The molecule has 116 valence electrons. The number of nitrogens with zero attached hydrogens (tertiary/aromatic N) is 1. The maximum absolute atomic E-state index is 11.3. The standard InChI is InChI=1S/C19H17NO2S/c1-13-4-2-5-14(10-13)15-6-3-7-16(11-15)17(12-18(21)22)19-20-8-9-23-19/h2-11,17H,12H2,1H3,(H,21,22). The van der Waals surface area contributed by atoms with Gasteiger partial charge in [-0.2, -0.15) is 0 Å². The van der Waals surface area contributed by atoms with E-state index in [0.29, 0.717) is 0 Å². The summed E-state index contributed by atoms with van der Waals surface area (Å²) in [7, 11) is 0. The van der Waals surface area contributed by atoms with E-state index in [1.165, 1.54) is 16.9 Å². The van der Waals surface area contributed by atoms with Crippen LogP contribution < -0.4 is 0 Å². The van der Waals surface area contributed by atoms with Crippen molar-refractivity contribution in [1.29, 1.82) is 0 Å². The van der Waals surface area contributed by atoms with E-state index in [-0.39, 0.29) is 12.3 Å². The summed E-state index contributed by atoms with van der Waals surface area (Å²) in [5.74, 6) is -1.02. The lowest BCUT2D eigenvalue weighted by atomic mass is 9.93. The summed E-state index contributed by atoms with van der Waals surface area (Å²) in [4.78, 5) is 15.6. The van der Waals surface area contributed by atoms with Gasteiger partial charge in [0.1, 0.15) is 5.01 Å². The molecule has 0 aliphatic rings. The summed E-state index contributed by atoms with van der Waals surface area (Å²) in [6.07, 6.45) is 1.77. The zero-order valence-electron chi connectivity index (χ0n) is 12.8. The Morgan fingerprint density at radius 2 is 1.91 bits per heavy atom. The van der Waals surface area contributed by atoms with E-state index in [4.69, 9.17) is 0 Å².